The number of nitrogens with zero attached hydrogens (tertiary/aromatic N) is 3. The third-order valence-electron chi connectivity index (χ3n) is 2.92. The minimum absolute atomic E-state index is 0.222. The molecule has 21 heavy (non-hydrogen) atoms. The van der Waals surface area contributed by atoms with Crippen molar-refractivity contribution in [2.24, 2.45) is 0 Å². The predicted octanol–water partition coefficient (Wildman–Crippen LogP) is 0.802. The van der Waals surface area contributed by atoms with Gasteiger partial charge in [0.2, 0.25) is 5.91 Å². The van der Waals surface area contributed by atoms with Gasteiger partial charge in [-0.3, -0.25) is 19.3 Å². The highest BCUT2D eigenvalue weighted by Gasteiger charge is 2.36. The van der Waals surface area contributed by atoms with Gasteiger partial charge in [0.25, 0.3) is 11.8 Å². The molecule has 9 heteroatoms. The molecule has 1 aliphatic rings. The molecule has 3 rings (SSSR count). The summed E-state index contributed by atoms with van der Waals surface area (Å²) in [6, 6.07) is 4.78. The number of halogens is 1. The van der Waals surface area contributed by atoms with Gasteiger partial charge in [0.05, 0.1) is 17.3 Å². The van der Waals surface area contributed by atoms with Gasteiger partial charge >= 0.3 is 0 Å². The van der Waals surface area contributed by atoms with Crippen LogP contribution in [0.5, 0.6) is 0 Å². The number of anilines is 1. The molecule has 0 bridgehead atoms. The summed E-state index contributed by atoms with van der Waals surface area (Å²) < 4.78 is 0.691. The second-order valence-electron chi connectivity index (χ2n) is 4.29. The second kappa shape index (κ2) is 5.09. The molecular weight excluding hydrogens is 342 g/mol. The molecule has 0 saturated heterocycles. The monoisotopic (exact) mass is 349 g/mol. The summed E-state index contributed by atoms with van der Waals surface area (Å²) in [4.78, 5) is 37.0. The minimum Gasteiger partial charge on any atom is -0.306 e. The van der Waals surface area contributed by atoms with Crippen LogP contribution in [0.2, 0.25) is 0 Å². The van der Waals surface area contributed by atoms with Gasteiger partial charge in [-0.2, -0.15) is 10.3 Å². The Labute approximate surface area is 126 Å². The number of imide groups is 1. The standard InChI is InChI=1S/C12H8BrN5O3/c13-6-1-2-7-8(3-6)12(21)18(11(7)20)5-10(19)15-9-4-14-17-16-9/h1-4H,5H2,(H2,14,15,16,17,19). The van der Waals surface area contributed by atoms with Gasteiger partial charge in [-0.1, -0.05) is 15.9 Å². The number of aromatic amines is 1. The molecule has 106 valence electrons. The van der Waals surface area contributed by atoms with E-state index in [0.29, 0.717) is 4.47 Å². The molecule has 2 heterocycles. The fourth-order valence-electron chi connectivity index (χ4n) is 1.99. The summed E-state index contributed by atoms with van der Waals surface area (Å²) >= 11 is 3.24. The van der Waals surface area contributed by atoms with E-state index < -0.39 is 17.7 Å². The van der Waals surface area contributed by atoms with E-state index in [0.717, 1.165) is 4.90 Å². The van der Waals surface area contributed by atoms with Crippen molar-refractivity contribution in [1.29, 1.82) is 0 Å². The van der Waals surface area contributed by atoms with Gasteiger partial charge < -0.3 is 5.32 Å². The highest BCUT2D eigenvalue weighted by Crippen LogP contribution is 2.25. The number of carbonyl (C=O) groups excluding carboxylic acids is 3. The molecule has 0 atom stereocenters. The molecule has 1 aromatic carbocycles. The zero-order valence-electron chi connectivity index (χ0n) is 10.5. The van der Waals surface area contributed by atoms with E-state index in [9.17, 15) is 14.4 Å². The van der Waals surface area contributed by atoms with E-state index in [1.807, 2.05) is 0 Å². The summed E-state index contributed by atoms with van der Waals surface area (Å²) in [6.45, 7) is -0.378. The van der Waals surface area contributed by atoms with Crippen molar-refractivity contribution in [3.05, 3.63) is 40.0 Å². The number of carbonyl (C=O) groups is 3. The van der Waals surface area contributed by atoms with Crippen LogP contribution < -0.4 is 5.32 Å². The summed E-state index contributed by atoms with van der Waals surface area (Å²) in [6.07, 6.45) is 1.32. The van der Waals surface area contributed by atoms with Gasteiger partial charge in [-0.05, 0) is 18.2 Å². The van der Waals surface area contributed by atoms with Gasteiger partial charge in [-0.15, -0.1) is 5.10 Å². The first-order chi connectivity index (χ1) is 10.1. The topological polar surface area (TPSA) is 108 Å². The fourth-order valence-corrected chi connectivity index (χ4v) is 2.36. The van der Waals surface area contributed by atoms with Crippen LogP contribution in [-0.4, -0.2) is 44.6 Å². The van der Waals surface area contributed by atoms with Crippen LogP contribution in [-0.2, 0) is 4.79 Å². The molecule has 0 saturated carbocycles. The van der Waals surface area contributed by atoms with Gasteiger partial charge in [-0.25, -0.2) is 0 Å². The van der Waals surface area contributed by atoms with E-state index in [1.165, 1.54) is 6.20 Å². The van der Waals surface area contributed by atoms with Crippen molar-refractivity contribution >= 4 is 39.5 Å². The van der Waals surface area contributed by atoms with Crippen LogP contribution in [0.1, 0.15) is 20.7 Å². The molecule has 0 aliphatic carbocycles. The number of rotatable bonds is 3. The predicted molar refractivity (Wildman–Crippen MR) is 74.5 cm³/mol. The molecule has 0 fully saturated rings. The molecule has 2 aromatic rings. The summed E-state index contributed by atoms with van der Waals surface area (Å²) in [5.41, 5.74) is 0.570. The summed E-state index contributed by atoms with van der Waals surface area (Å²) in [5.74, 6) is -1.29. The first-order valence-corrected chi connectivity index (χ1v) is 6.67. The van der Waals surface area contributed by atoms with Gasteiger partial charge in [0.1, 0.15) is 6.54 Å². The van der Waals surface area contributed by atoms with Crippen molar-refractivity contribution in [3.63, 3.8) is 0 Å². The Morgan fingerprint density at radius 3 is 2.76 bits per heavy atom. The third kappa shape index (κ3) is 2.42. The van der Waals surface area contributed by atoms with E-state index in [-0.39, 0.29) is 23.5 Å². The first kappa shape index (κ1) is 13.4. The van der Waals surface area contributed by atoms with Crippen molar-refractivity contribution in [3.8, 4) is 0 Å². The summed E-state index contributed by atoms with van der Waals surface area (Å²) in [5, 5.41) is 12.0. The number of aromatic nitrogens is 3. The Morgan fingerprint density at radius 1 is 1.29 bits per heavy atom. The van der Waals surface area contributed by atoms with Crippen molar-refractivity contribution in [2.45, 2.75) is 0 Å². The second-order valence-corrected chi connectivity index (χ2v) is 5.21. The first-order valence-electron chi connectivity index (χ1n) is 5.87. The maximum absolute atomic E-state index is 12.2. The zero-order valence-corrected chi connectivity index (χ0v) is 12.0. The van der Waals surface area contributed by atoms with Crippen LogP contribution in [0.4, 0.5) is 5.82 Å². The van der Waals surface area contributed by atoms with Gasteiger partial charge in [0.15, 0.2) is 5.82 Å². The molecule has 1 aliphatic heterocycles. The Kier molecular flexibility index (Phi) is 3.26. The number of nitrogens with one attached hydrogen (secondary N) is 2. The molecule has 3 amide bonds. The number of H-pyrrole nitrogens is 1. The average molecular weight is 350 g/mol. The highest BCUT2D eigenvalue weighted by atomic mass is 79.9. The van der Waals surface area contributed by atoms with E-state index in [4.69, 9.17) is 0 Å². The number of hydrogen-bond donors (Lipinski definition) is 2. The maximum Gasteiger partial charge on any atom is 0.262 e. The highest BCUT2D eigenvalue weighted by molar-refractivity contribution is 9.10. The zero-order chi connectivity index (χ0) is 15.0. The number of fused-ring (bicyclic) bond motifs is 1. The molecule has 1 aromatic heterocycles. The van der Waals surface area contributed by atoms with E-state index in [1.54, 1.807) is 18.2 Å². The molecule has 2 N–H and O–H groups in total. The lowest BCUT2D eigenvalue weighted by molar-refractivity contribution is -0.116. The normalized spacial score (nSPS) is 13.5. The lowest BCUT2D eigenvalue weighted by Gasteiger charge is -2.12. The molecule has 8 nitrogen and oxygen atoms in total. The van der Waals surface area contributed by atoms with Crippen molar-refractivity contribution in [1.82, 2.24) is 20.3 Å². The number of amides is 3. The lowest BCUT2D eigenvalue weighted by atomic mass is 10.1. The Hall–Kier alpha value is -2.55. The molecule has 0 unspecified atom stereocenters. The van der Waals surface area contributed by atoms with Gasteiger partial charge in [0, 0.05) is 4.47 Å². The Balaban J connectivity index is 1.77. The van der Waals surface area contributed by atoms with Crippen LogP contribution in [0.25, 0.3) is 0 Å². The van der Waals surface area contributed by atoms with Crippen LogP contribution in [0.3, 0.4) is 0 Å². The number of hydrogen-bond acceptors (Lipinski definition) is 5. The quantitative estimate of drug-likeness (QED) is 0.796. The van der Waals surface area contributed by atoms with Crippen LogP contribution >= 0.6 is 15.9 Å². The van der Waals surface area contributed by atoms with E-state index in [2.05, 4.69) is 36.7 Å². The average Bonchev–Trinajstić information content (AvgIpc) is 3.02. The third-order valence-corrected chi connectivity index (χ3v) is 3.41. The number of benzene rings is 1. The smallest absolute Gasteiger partial charge is 0.262 e. The SMILES string of the molecule is O=C(CN1C(=O)c2ccc(Br)cc2C1=O)Nc1cn[nH]n1. The lowest BCUT2D eigenvalue weighted by Crippen LogP contribution is -2.37. The summed E-state index contributed by atoms with van der Waals surface area (Å²) in [7, 11) is 0. The maximum atomic E-state index is 12.2. The molecule has 0 spiro atoms. The Morgan fingerprint density at radius 2 is 2.05 bits per heavy atom. The Bertz CT molecular complexity index is 743. The fraction of sp³-hybridized carbons (Fsp3) is 0.0833. The minimum atomic E-state index is -0.530. The van der Waals surface area contributed by atoms with Crippen LogP contribution in [0.15, 0.2) is 28.9 Å². The van der Waals surface area contributed by atoms with Crippen LogP contribution in [0, 0.1) is 0 Å². The van der Waals surface area contributed by atoms with Crippen molar-refractivity contribution in [2.75, 3.05) is 11.9 Å². The molecule has 0 radical (unpaired) electrons. The largest absolute Gasteiger partial charge is 0.306 e. The molecular formula is C12H8BrN5O3. The van der Waals surface area contributed by atoms with Crippen molar-refractivity contribution < 1.29 is 14.4 Å². The van der Waals surface area contributed by atoms with E-state index >= 15 is 0 Å².